The molecule has 0 fully saturated rings. The van der Waals surface area contributed by atoms with Crippen molar-refractivity contribution in [2.45, 2.75) is 225 Å². The fourth-order valence-corrected chi connectivity index (χ4v) is 6.95. The number of phosphoric ester groups is 1. The van der Waals surface area contributed by atoms with Crippen molar-refractivity contribution in [3.63, 3.8) is 0 Å². The lowest BCUT2D eigenvalue weighted by atomic mass is 10.0. The third kappa shape index (κ3) is 46.4. The van der Waals surface area contributed by atoms with Crippen LogP contribution in [0.15, 0.2) is 60.8 Å². The van der Waals surface area contributed by atoms with Gasteiger partial charge in [-0.15, -0.1) is 0 Å². The summed E-state index contributed by atoms with van der Waals surface area (Å²) in [6, 6.07) is 0. The van der Waals surface area contributed by atoms with Crippen molar-refractivity contribution in [2.75, 3.05) is 13.2 Å². The molecular weight excluding hydrogens is 748 g/mol. The SMILES string of the molecule is CC/C=C/C/C=C/C/C=C/C/C=C/C/C=C/CCCC(=O)O[C@H](COC(=O)CCCCCCCCCCCCCCCCCCCCCCCCC)COP(=O)(O)O. The van der Waals surface area contributed by atoms with Crippen LogP contribution in [-0.4, -0.2) is 41.0 Å². The van der Waals surface area contributed by atoms with Gasteiger partial charge in [0, 0.05) is 12.8 Å². The molecule has 0 aliphatic heterocycles. The second-order valence-corrected chi connectivity index (χ2v) is 16.9. The molecule has 0 bridgehead atoms. The van der Waals surface area contributed by atoms with Crippen LogP contribution in [0.25, 0.3) is 0 Å². The van der Waals surface area contributed by atoms with E-state index in [4.69, 9.17) is 19.3 Å². The number of ether oxygens (including phenoxy) is 2. The molecule has 0 heterocycles. The van der Waals surface area contributed by atoms with E-state index in [1.165, 1.54) is 128 Å². The average molecular weight is 835 g/mol. The molecule has 2 N–H and O–H groups in total. The Labute approximate surface area is 356 Å². The summed E-state index contributed by atoms with van der Waals surface area (Å²) >= 11 is 0. The van der Waals surface area contributed by atoms with Gasteiger partial charge in [0.05, 0.1) is 6.61 Å². The Balaban J connectivity index is 3.88. The standard InChI is InChI=1S/C49H87O8P/c1-3-5-7-9-11-13-15-17-19-21-22-23-24-25-26-28-29-31-33-35-37-39-41-43-48(50)55-45-47(46-56-58(52,53)54)57-49(51)44-42-40-38-36-34-32-30-27-20-18-16-14-12-10-8-6-4-2/h6,8,12,14,18,20,30,32,36,38,47H,3-5,7,9-11,13,15-17,19,21-29,31,33-35,37,39-46H2,1-2H3,(H2,52,53,54)/b8-6+,14-12+,20-18+,32-30+,38-36+/t47-/m1/s1. The fraction of sp³-hybridized carbons (Fsp3) is 0.755. The highest BCUT2D eigenvalue weighted by molar-refractivity contribution is 7.46. The minimum atomic E-state index is -4.77. The van der Waals surface area contributed by atoms with Crippen molar-refractivity contribution in [1.82, 2.24) is 0 Å². The molecule has 0 aromatic heterocycles. The zero-order chi connectivity index (χ0) is 42.5. The second kappa shape index (κ2) is 44.3. The molecule has 0 aliphatic rings. The molecule has 1 atom stereocenters. The Kier molecular flexibility index (Phi) is 42.6. The molecular formula is C49H87O8P. The van der Waals surface area contributed by atoms with Gasteiger partial charge in [-0.3, -0.25) is 14.1 Å². The van der Waals surface area contributed by atoms with Gasteiger partial charge in [-0.1, -0.05) is 216 Å². The van der Waals surface area contributed by atoms with Crippen LogP contribution in [0.4, 0.5) is 0 Å². The van der Waals surface area contributed by atoms with Gasteiger partial charge in [-0.05, 0) is 51.4 Å². The zero-order valence-electron chi connectivity index (χ0n) is 37.2. The average Bonchev–Trinajstić information content (AvgIpc) is 3.20. The summed E-state index contributed by atoms with van der Waals surface area (Å²) in [6.07, 6.45) is 56.8. The number of carbonyl (C=O) groups is 2. The number of esters is 2. The van der Waals surface area contributed by atoms with Crippen molar-refractivity contribution >= 4 is 19.8 Å². The van der Waals surface area contributed by atoms with Crippen LogP contribution in [0.3, 0.4) is 0 Å². The van der Waals surface area contributed by atoms with E-state index in [0.717, 1.165) is 51.4 Å². The van der Waals surface area contributed by atoms with Gasteiger partial charge in [0.15, 0.2) is 6.10 Å². The summed E-state index contributed by atoms with van der Waals surface area (Å²) in [6.45, 7) is 3.55. The molecule has 58 heavy (non-hydrogen) atoms. The summed E-state index contributed by atoms with van der Waals surface area (Å²) in [5.41, 5.74) is 0. The number of allylic oxidation sites excluding steroid dienone is 10. The maximum absolute atomic E-state index is 12.4. The van der Waals surface area contributed by atoms with Crippen molar-refractivity contribution in [3.8, 4) is 0 Å². The summed E-state index contributed by atoms with van der Waals surface area (Å²) in [7, 11) is -4.77. The minimum absolute atomic E-state index is 0.133. The molecule has 0 spiro atoms. The number of phosphoric acid groups is 1. The molecule has 0 saturated heterocycles. The first-order valence-electron chi connectivity index (χ1n) is 23.6. The van der Waals surface area contributed by atoms with Gasteiger partial charge in [0.2, 0.25) is 0 Å². The van der Waals surface area contributed by atoms with Crippen molar-refractivity contribution < 1.29 is 37.9 Å². The Bertz CT molecular complexity index is 1120. The van der Waals surface area contributed by atoms with E-state index in [-0.39, 0.29) is 19.4 Å². The topological polar surface area (TPSA) is 119 Å². The van der Waals surface area contributed by atoms with Crippen LogP contribution in [0.2, 0.25) is 0 Å². The molecule has 0 unspecified atom stereocenters. The predicted octanol–water partition coefficient (Wildman–Crippen LogP) is 14.9. The number of carbonyl (C=O) groups excluding carboxylic acids is 2. The first-order valence-corrected chi connectivity index (χ1v) is 25.1. The van der Waals surface area contributed by atoms with E-state index >= 15 is 0 Å². The smallest absolute Gasteiger partial charge is 0.462 e. The van der Waals surface area contributed by atoms with Gasteiger partial charge < -0.3 is 19.3 Å². The highest BCUT2D eigenvalue weighted by Crippen LogP contribution is 2.36. The molecule has 9 heteroatoms. The van der Waals surface area contributed by atoms with E-state index in [1.807, 2.05) is 6.08 Å². The quantitative estimate of drug-likeness (QED) is 0.0270. The lowest BCUT2D eigenvalue weighted by Crippen LogP contribution is -2.29. The molecule has 0 aromatic carbocycles. The van der Waals surface area contributed by atoms with Crippen LogP contribution in [0.1, 0.15) is 219 Å². The molecule has 0 radical (unpaired) electrons. The third-order valence-electron chi connectivity index (χ3n) is 10.1. The second-order valence-electron chi connectivity index (χ2n) is 15.7. The molecule has 8 nitrogen and oxygen atoms in total. The number of hydrogen-bond acceptors (Lipinski definition) is 6. The molecule has 0 aromatic rings. The van der Waals surface area contributed by atoms with Gasteiger partial charge >= 0.3 is 19.8 Å². The normalized spacial score (nSPS) is 13.0. The van der Waals surface area contributed by atoms with Crippen LogP contribution in [0.5, 0.6) is 0 Å². The summed E-state index contributed by atoms with van der Waals surface area (Å²) in [5.74, 6) is -0.948. The van der Waals surface area contributed by atoms with E-state index in [9.17, 15) is 14.2 Å². The fourth-order valence-electron chi connectivity index (χ4n) is 6.59. The highest BCUT2D eigenvalue weighted by atomic mass is 31.2. The van der Waals surface area contributed by atoms with Crippen molar-refractivity contribution in [2.24, 2.45) is 0 Å². The van der Waals surface area contributed by atoms with Crippen molar-refractivity contribution in [1.29, 1.82) is 0 Å². The van der Waals surface area contributed by atoms with Crippen molar-refractivity contribution in [3.05, 3.63) is 60.8 Å². The van der Waals surface area contributed by atoms with Crippen LogP contribution in [-0.2, 0) is 28.2 Å². The minimum Gasteiger partial charge on any atom is -0.462 e. The number of unbranched alkanes of at least 4 members (excludes halogenated alkanes) is 23. The van der Waals surface area contributed by atoms with Crippen LogP contribution in [0, 0.1) is 0 Å². The monoisotopic (exact) mass is 835 g/mol. The molecule has 0 saturated carbocycles. The molecule has 0 rings (SSSR count). The maximum Gasteiger partial charge on any atom is 0.469 e. The van der Waals surface area contributed by atoms with E-state index in [1.54, 1.807) is 0 Å². The van der Waals surface area contributed by atoms with Gasteiger partial charge in [0.1, 0.15) is 6.61 Å². The lowest BCUT2D eigenvalue weighted by Gasteiger charge is -2.18. The molecule has 0 amide bonds. The van der Waals surface area contributed by atoms with Gasteiger partial charge in [-0.25, -0.2) is 4.57 Å². The highest BCUT2D eigenvalue weighted by Gasteiger charge is 2.22. The van der Waals surface area contributed by atoms with E-state index in [2.05, 4.69) is 73.1 Å². The Morgan fingerprint density at radius 3 is 1.22 bits per heavy atom. The largest absolute Gasteiger partial charge is 0.469 e. The van der Waals surface area contributed by atoms with E-state index < -0.39 is 32.5 Å². The molecule has 336 valence electrons. The van der Waals surface area contributed by atoms with Crippen LogP contribution < -0.4 is 0 Å². The summed E-state index contributed by atoms with van der Waals surface area (Å²) in [4.78, 5) is 42.9. The Morgan fingerprint density at radius 1 is 0.466 bits per heavy atom. The summed E-state index contributed by atoms with van der Waals surface area (Å²) in [5, 5.41) is 0. The Hall–Kier alpha value is -2.25. The van der Waals surface area contributed by atoms with Gasteiger partial charge in [-0.2, -0.15) is 0 Å². The van der Waals surface area contributed by atoms with E-state index in [0.29, 0.717) is 12.8 Å². The third-order valence-corrected chi connectivity index (χ3v) is 10.5. The lowest BCUT2D eigenvalue weighted by molar-refractivity contribution is -0.161. The van der Waals surface area contributed by atoms with Gasteiger partial charge in [0.25, 0.3) is 0 Å². The maximum atomic E-state index is 12.4. The zero-order valence-corrected chi connectivity index (χ0v) is 38.1. The first-order chi connectivity index (χ1) is 28.3. The predicted molar refractivity (Wildman–Crippen MR) is 244 cm³/mol. The Morgan fingerprint density at radius 2 is 0.828 bits per heavy atom. The van der Waals surface area contributed by atoms with Crippen LogP contribution >= 0.6 is 7.82 Å². The first kappa shape index (κ1) is 55.8. The number of rotatable bonds is 43. The summed E-state index contributed by atoms with van der Waals surface area (Å²) < 4.78 is 26.4. The number of hydrogen-bond donors (Lipinski definition) is 2. The molecule has 0 aliphatic carbocycles.